The van der Waals surface area contributed by atoms with Gasteiger partial charge in [-0.25, -0.2) is 24.3 Å². The van der Waals surface area contributed by atoms with Gasteiger partial charge in [0.25, 0.3) is 11.5 Å². The van der Waals surface area contributed by atoms with E-state index in [4.69, 9.17) is 4.74 Å². The Labute approximate surface area is 173 Å². The van der Waals surface area contributed by atoms with E-state index in [-0.39, 0.29) is 23.2 Å². The molecular weight excluding hydrogens is 408 g/mol. The Bertz CT molecular complexity index is 1290. The molecule has 5 rings (SSSR count). The second kappa shape index (κ2) is 7.17. The first-order valence-electron chi connectivity index (χ1n) is 9.46. The van der Waals surface area contributed by atoms with Crippen LogP contribution in [0, 0.1) is 0 Å². The zero-order valence-electron chi connectivity index (χ0n) is 16.1. The Morgan fingerprint density at radius 2 is 2.03 bits per heavy atom. The number of aromatic nitrogens is 5. The molecule has 2 aliphatic rings. The lowest BCUT2D eigenvalue weighted by atomic mass is 10.2. The molecular formula is C19H18N6O4S. The highest BCUT2D eigenvalue weighted by molar-refractivity contribution is 7.84. The van der Waals surface area contributed by atoms with E-state index in [1.165, 1.54) is 17.1 Å². The van der Waals surface area contributed by atoms with Gasteiger partial charge in [-0.2, -0.15) is 0 Å². The fourth-order valence-corrected chi connectivity index (χ4v) is 4.04. The molecule has 10 nitrogen and oxygen atoms in total. The van der Waals surface area contributed by atoms with Crippen molar-refractivity contribution in [2.24, 2.45) is 0 Å². The zero-order valence-corrected chi connectivity index (χ0v) is 17.0. The molecule has 3 aromatic heterocycles. The Morgan fingerprint density at radius 3 is 2.87 bits per heavy atom. The highest BCUT2D eigenvalue weighted by atomic mass is 32.2. The lowest BCUT2D eigenvalue weighted by Gasteiger charge is -2.28. The van der Waals surface area contributed by atoms with E-state index in [0.717, 1.165) is 12.8 Å². The van der Waals surface area contributed by atoms with Crippen molar-refractivity contribution in [3.05, 3.63) is 40.8 Å². The number of hydrogen-bond donors (Lipinski definition) is 0. The first kappa shape index (κ1) is 18.7. The Balaban J connectivity index is 1.82. The van der Waals surface area contributed by atoms with E-state index < -0.39 is 10.8 Å². The molecule has 5 heterocycles. The molecule has 2 bridgehead atoms. The number of hydrogen-bond acceptors (Lipinski definition) is 7. The molecule has 0 spiro atoms. The number of ether oxygens (including phenoxy) is 1. The van der Waals surface area contributed by atoms with Crippen LogP contribution in [0.1, 0.15) is 12.8 Å². The second-order valence-corrected chi connectivity index (χ2v) is 8.26. The summed E-state index contributed by atoms with van der Waals surface area (Å²) in [5, 5.41) is 0.430. The van der Waals surface area contributed by atoms with E-state index in [0.29, 0.717) is 41.5 Å². The number of pyridine rings is 1. The Morgan fingerprint density at radius 1 is 1.17 bits per heavy atom. The van der Waals surface area contributed by atoms with Gasteiger partial charge in [0.2, 0.25) is 5.16 Å². The maximum Gasteiger partial charge on any atom is 0.278 e. The van der Waals surface area contributed by atoms with E-state index in [1.807, 2.05) is 12.2 Å². The average molecular weight is 426 g/mol. The quantitative estimate of drug-likeness (QED) is 0.418. The van der Waals surface area contributed by atoms with Gasteiger partial charge in [0.05, 0.1) is 17.3 Å². The molecule has 0 N–H and O–H groups in total. The number of amides is 1. The molecule has 1 unspecified atom stereocenters. The van der Waals surface area contributed by atoms with Gasteiger partial charge in [-0.3, -0.25) is 18.7 Å². The lowest BCUT2D eigenvalue weighted by Crippen LogP contribution is -2.40. The lowest BCUT2D eigenvalue weighted by molar-refractivity contribution is -0.121. The second-order valence-electron chi connectivity index (χ2n) is 6.98. The largest absolute Gasteiger partial charge is 0.480 e. The third-order valence-electron chi connectivity index (χ3n) is 5.06. The van der Waals surface area contributed by atoms with Gasteiger partial charge < -0.3 is 4.74 Å². The SMILES string of the molecule is CS(=O)c1ncc2c(=O)n3n(c2n1)-c1ccc2c(n1)N(CCC/C=C\C3)C(=O)CO2. The highest BCUT2D eigenvalue weighted by Crippen LogP contribution is 2.32. The molecule has 0 saturated heterocycles. The first-order chi connectivity index (χ1) is 14.5. The predicted molar refractivity (Wildman–Crippen MR) is 109 cm³/mol. The van der Waals surface area contributed by atoms with Crippen LogP contribution in [-0.2, 0) is 22.1 Å². The molecule has 154 valence electrons. The number of carbonyl (C=O) groups is 1. The minimum atomic E-state index is -1.41. The molecule has 2 aliphatic heterocycles. The van der Waals surface area contributed by atoms with Crippen LogP contribution in [0.25, 0.3) is 16.9 Å². The Kier molecular flexibility index (Phi) is 4.46. The van der Waals surface area contributed by atoms with E-state index in [9.17, 15) is 13.8 Å². The topological polar surface area (TPSA) is 112 Å². The predicted octanol–water partition coefficient (Wildman–Crippen LogP) is 0.790. The number of allylic oxidation sites excluding steroid dienone is 2. The molecule has 11 heteroatoms. The minimum absolute atomic E-state index is 0.0279. The molecule has 1 atom stereocenters. The molecule has 0 radical (unpaired) electrons. The van der Waals surface area contributed by atoms with Gasteiger partial charge in [-0.05, 0) is 25.0 Å². The van der Waals surface area contributed by atoms with Gasteiger partial charge in [-0.1, -0.05) is 12.2 Å². The van der Waals surface area contributed by atoms with Gasteiger partial charge in [0, 0.05) is 19.0 Å². The normalized spacial score (nSPS) is 18.2. The monoisotopic (exact) mass is 426 g/mol. The Hall–Kier alpha value is -3.34. The number of fused-ring (bicyclic) bond motifs is 5. The summed E-state index contributed by atoms with van der Waals surface area (Å²) in [5.41, 5.74) is 0.0385. The van der Waals surface area contributed by atoms with Crippen molar-refractivity contribution in [3.63, 3.8) is 0 Å². The summed E-state index contributed by atoms with van der Waals surface area (Å²) in [6.07, 6.45) is 8.29. The summed E-state index contributed by atoms with van der Waals surface area (Å²) in [5.74, 6) is 1.18. The standard InChI is InChI=1S/C19H18N6O4S/c1-30(28)19-20-10-12-16(22-19)25-14-7-6-13-17(21-14)23(15(26)11-29-13)8-4-2-3-5-9-24(25)18(12)27/h3,5-7,10H,2,4,8-9,11H2,1H3/b5-3-. The van der Waals surface area contributed by atoms with Crippen LogP contribution in [0.15, 0.2) is 40.4 Å². The molecule has 0 fully saturated rings. The van der Waals surface area contributed by atoms with Crippen molar-refractivity contribution in [2.45, 2.75) is 24.5 Å². The van der Waals surface area contributed by atoms with Crippen LogP contribution in [0.3, 0.4) is 0 Å². The summed E-state index contributed by atoms with van der Waals surface area (Å²) >= 11 is 0. The van der Waals surface area contributed by atoms with Crippen LogP contribution in [0.5, 0.6) is 5.75 Å². The number of carbonyl (C=O) groups excluding carboxylic acids is 1. The van der Waals surface area contributed by atoms with Crippen LogP contribution >= 0.6 is 0 Å². The molecule has 0 aromatic carbocycles. The number of anilines is 1. The van der Waals surface area contributed by atoms with Crippen LogP contribution in [0.4, 0.5) is 5.82 Å². The van der Waals surface area contributed by atoms with Crippen LogP contribution < -0.4 is 15.2 Å². The van der Waals surface area contributed by atoms with Gasteiger partial charge in [0.1, 0.15) is 5.39 Å². The van der Waals surface area contributed by atoms with Crippen molar-refractivity contribution in [1.29, 1.82) is 0 Å². The van der Waals surface area contributed by atoms with Crippen molar-refractivity contribution in [1.82, 2.24) is 24.3 Å². The van der Waals surface area contributed by atoms with Gasteiger partial charge in [-0.15, -0.1) is 0 Å². The third kappa shape index (κ3) is 2.93. The van der Waals surface area contributed by atoms with E-state index >= 15 is 0 Å². The number of nitrogens with zero attached hydrogens (tertiary/aromatic N) is 6. The van der Waals surface area contributed by atoms with Gasteiger partial charge >= 0.3 is 0 Å². The van der Waals surface area contributed by atoms with Crippen LogP contribution in [-0.4, -0.2) is 53.8 Å². The van der Waals surface area contributed by atoms with Crippen LogP contribution in [0.2, 0.25) is 0 Å². The fourth-order valence-electron chi connectivity index (χ4n) is 3.62. The zero-order chi connectivity index (χ0) is 20.8. The smallest absolute Gasteiger partial charge is 0.278 e. The van der Waals surface area contributed by atoms with Crippen molar-refractivity contribution >= 4 is 33.6 Å². The van der Waals surface area contributed by atoms with Crippen molar-refractivity contribution in [3.8, 4) is 11.6 Å². The van der Waals surface area contributed by atoms with Gasteiger partial charge in [0.15, 0.2) is 29.6 Å². The molecule has 0 aliphatic carbocycles. The molecule has 0 saturated carbocycles. The summed E-state index contributed by atoms with van der Waals surface area (Å²) in [6, 6.07) is 3.45. The molecule has 30 heavy (non-hydrogen) atoms. The highest BCUT2D eigenvalue weighted by Gasteiger charge is 2.28. The minimum Gasteiger partial charge on any atom is -0.480 e. The summed E-state index contributed by atoms with van der Waals surface area (Å²) in [7, 11) is -1.41. The maximum atomic E-state index is 13.1. The van der Waals surface area contributed by atoms with E-state index in [1.54, 1.807) is 21.7 Å². The first-order valence-corrected chi connectivity index (χ1v) is 11.0. The molecule has 1 amide bonds. The average Bonchev–Trinajstić information content (AvgIpc) is 3.01. The van der Waals surface area contributed by atoms with Crippen molar-refractivity contribution < 1.29 is 13.7 Å². The summed E-state index contributed by atoms with van der Waals surface area (Å²) in [4.78, 5) is 40.2. The number of rotatable bonds is 1. The molecule has 3 aromatic rings. The summed E-state index contributed by atoms with van der Waals surface area (Å²) in [6.45, 7) is 0.813. The maximum absolute atomic E-state index is 13.1. The van der Waals surface area contributed by atoms with Crippen molar-refractivity contribution in [2.75, 3.05) is 24.3 Å². The third-order valence-corrected chi connectivity index (χ3v) is 5.77. The fraction of sp³-hybridized carbons (Fsp3) is 0.316. The summed E-state index contributed by atoms with van der Waals surface area (Å²) < 4.78 is 20.5. The van der Waals surface area contributed by atoms with E-state index in [2.05, 4.69) is 15.0 Å².